The molecule has 0 saturated carbocycles. The first-order chi connectivity index (χ1) is 7.86. The molecule has 0 bridgehead atoms. The summed E-state index contributed by atoms with van der Waals surface area (Å²) in [5.41, 5.74) is -0.624. The molecule has 17 heavy (non-hydrogen) atoms. The summed E-state index contributed by atoms with van der Waals surface area (Å²) in [5.74, 6) is 0.641. The zero-order chi connectivity index (χ0) is 12.7. The van der Waals surface area contributed by atoms with Gasteiger partial charge in [-0.15, -0.1) is 0 Å². The van der Waals surface area contributed by atoms with E-state index in [9.17, 15) is 0 Å². The minimum absolute atomic E-state index is 0.312. The zero-order valence-electron chi connectivity index (χ0n) is 10.9. The molecule has 0 radical (unpaired) electrons. The second-order valence-electron chi connectivity index (χ2n) is 5.09. The predicted octanol–water partition coefficient (Wildman–Crippen LogP) is 1.84. The molecule has 0 atom stereocenters. The van der Waals surface area contributed by atoms with Crippen LogP contribution < -0.4 is 9.51 Å². The Balaban J connectivity index is 2.14. The number of hydrogen-bond donors (Lipinski definition) is 0. The lowest BCUT2D eigenvalue weighted by molar-refractivity contribution is 0.00578. The Morgan fingerprint density at radius 3 is 2.41 bits per heavy atom. The minimum atomic E-state index is -0.341. The van der Waals surface area contributed by atoms with Crippen LogP contribution in [0.3, 0.4) is 0 Å². The quantitative estimate of drug-likeness (QED) is 0.773. The van der Waals surface area contributed by atoms with Crippen molar-refractivity contribution >= 4 is 23.4 Å². The van der Waals surface area contributed by atoms with E-state index in [1.54, 1.807) is 0 Å². The molecule has 0 aromatic carbocycles. The number of aromatic nitrogens is 1. The number of rotatable bonds is 3. The Morgan fingerprint density at radius 1 is 1.29 bits per heavy atom. The molecule has 0 amide bonds. The van der Waals surface area contributed by atoms with Gasteiger partial charge in [0.15, 0.2) is 0 Å². The molecule has 1 aliphatic rings. The van der Waals surface area contributed by atoms with Crippen LogP contribution in [0.1, 0.15) is 34.6 Å². The van der Waals surface area contributed by atoms with Gasteiger partial charge in [-0.2, -0.15) is 4.37 Å². The van der Waals surface area contributed by atoms with Crippen LogP contribution in [0.15, 0.2) is 6.07 Å². The van der Waals surface area contributed by atoms with E-state index in [1.165, 1.54) is 11.5 Å². The molecule has 0 aliphatic carbocycles. The molecule has 0 unspecified atom stereocenters. The number of nitrogens with zero attached hydrogens (tertiary/aromatic N) is 1. The first-order valence-corrected chi connectivity index (χ1v) is 6.58. The monoisotopic (exact) mass is 255 g/mol. The second kappa shape index (κ2) is 4.26. The van der Waals surface area contributed by atoms with E-state index in [4.69, 9.17) is 14.0 Å². The van der Waals surface area contributed by atoms with Gasteiger partial charge < -0.3 is 14.0 Å². The molecule has 1 aromatic rings. The molecule has 2 rings (SSSR count). The maximum absolute atomic E-state index is 5.93. The Kier molecular flexibility index (Phi) is 3.22. The largest absolute Gasteiger partial charge is 0.507 e. The fourth-order valence-electron chi connectivity index (χ4n) is 1.56. The van der Waals surface area contributed by atoms with Crippen LogP contribution in [0.25, 0.3) is 0 Å². The van der Waals surface area contributed by atoms with Crippen molar-refractivity contribution in [1.29, 1.82) is 0 Å². The SMILES string of the molecule is CCOc1cc(B2OC(C)(C)C(C)(C)O2)sn1. The molecular formula is C11H18BNO3S. The number of ether oxygens (including phenoxy) is 1. The zero-order valence-corrected chi connectivity index (χ0v) is 11.8. The van der Waals surface area contributed by atoms with Crippen LogP contribution in [0.2, 0.25) is 0 Å². The summed E-state index contributed by atoms with van der Waals surface area (Å²) in [7, 11) is -0.341. The van der Waals surface area contributed by atoms with Crippen LogP contribution in [0.5, 0.6) is 5.88 Å². The van der Waals surface area contributed by atoms with E-state index < -0.39 is 0 Å². The second-order valence-corrected chi connectivity index (χ2v) is 5.93. The standard InChI is InChI=1S/C11H18BNO3S/c1-6-14-9-7-8(17-13-9)12-15-10(2,3)11(4,5)16-12/h7H,6H2,1-5H3. The predicted molar refractivity (Wildman–Crippen MR) is 69.0 cm³/mol. The van der Waals surface area contributed by atoms with Gasteiger partial charge in [-0.05, 0) is 46.2 Å². The van der Waals surface area contributed by atoms with Crippen molar-refractivity contribution in [3.05, 3.63) is 6.07 Å². The molecule has 2 heterocycles. The van der Waals surface area contributed by atoms with Gasteiger partial charge >= 0.3 is 7.12 Å². The van der Waals surface area contributed by atoms with Gasteiger partial charge in [0.1, 0.15) is 0 Å². The van der Waals surface area contributed by atoms with Crippen molar-refractivity contribution in [3.8, 4) is 5.88 Å². The highest BCUT2D eigenvalue weighted by Gasteiger charge is 2.52. The van der Waals surface area contributed by atoms with Crippen LogP contribution in [-0.2, 0) is 9.31 Å². The molecule has 6 heteroatoms. The van der Waals surface area contributed by atoms with E-state index in [1.807, 2.05) is 40.7 Å². The van der Waals surface area contributed by atoms with Crippen molar-refractivity contribution < 1.29 is 14.0 Å². The molecule has 1 saturated heterocycles. The molecule has 1 aliphatic heterocycles. The Bertz CT molecular complexity index is 389. The summed E-state index contributed by atoms with van der Waals surface area (Å²) >= 11 is 1.36. The highest BCUT2D eigenvalue weighted by molar-refractivity contribution is 7.17. The fourth-order valence-corrected chi connectivity index (χ4v) is 2.19. The average molecular weight is 255 g/mol. The summed E-state index contributed by atoms with van der Waals surface area (Å²) in [6, 6.07) is 1.89. The molecule has 94 valence electrons. The first kappa shape index (κ1) is 12.9. The van der Waals surface area contributed by atoms with Crippen LogP contribution >= 0.6 is 11.5 Å². The van der Waals surface area contributed by atoms with Crippen LogP contribution in [-0.4, -0.2) is 29.3 Å². The summed E-state index contributed by atoms with van der Waals surface area (Å²) in [5, 5.41) is 0. The van der Waals surface area contributed by atoms with Gasteiger partial charge in [-0.3, -0.25) is 0 Å². The molecule has 4 nitrogen and oxygen atoms in total. The lowest BCUT2D eigenvalue weighted by atomic mass is 9.88. The fraction of sp³-hybridized carbons (Fsp3) is 0.727. The molecule has 1 aromatic heterocycles. The maximum Gasteiger partial charge on any atom is 0.507 e. The summed E-state index contributed by atoms with van der Waals surface area (Å²) in [6.07, 6.45) is 0. The van der Waals surface area contributed by atoms with Gasteiger partial charge in [-0.1, -0.05) is 0 Å². The smallest absolute Gasteiger partial charge is 0.477 e. The van der Waals surface area contributed by atoms with Crippen LogP contribution in [0, 0.1) is 0 Å². The Morgan fingerprint density at radius 2 is 1.88 bits per heavy atom. The van der Waals surface area contributed by atoms with Crippen molar-refractivity contribution in [1.82, 2.24) is 4.37 Å². The van der Waals surface area contributed by atoms with Crippen molar-refractivity contribution in [2.24, 2.45) is 0 Å². The van der Waals surface area contributed by atoms with Crippen molar-refractivity contribution in [2.45, 2.75) is 45.8 Å². The van der Waals surface area contributed by atoms with Crippen LogP contribution in [0.4, 0.5) is 0 Å². The topological polar surface area (TPSA) is 40.6 Å². The van der Waals surface area contributed by atoms with Gasteiger partial charge in [0.2, 0.25) is 5.88 Å². The van der Waals surface area contributed by atoms with Crippen molar-refractivity contribution in [2.75, 3.05) is 6.61 Å². The first-order valence-electron chi connectivity index (χ1n) is 5.81. The minimum Gasteiger partial charge on any atom is -0.477 e. The van der Waals surface area contributed by atoms with Crippen molar-refractivity contribution in [3.63, 3.8) is 0 Å². The third-order valence-corrected chi connectivity index (χ3v) is 4.08. The van der Waals surface area contributed by atoms with E-state index in [2.05, 4.69) is 4.37 Å². The number of hydrogen-bond acceptors (Lipinski definition) is 5. The lowest BCUT2D eigenvalue weighted by Crippen LogP contribution is -2.41. The van der Waals surface area contributed by atoms with E-state index >= 15 is 0 Å². The van der Waals surface area contributed by atoms with Gasteiger partial charge in [-0.25, -0.2) is 0 Å². The highest BCUT2D eigenvalue weighted by atomic mass is 32.1. The Labute approximate surface area is 107 Å². The van der Waals surface area contributed by atoms with Gasteiger partial charge in [0.25, 0.3) is 0 Å². The van der Waals surface area contributed by atoms with Gasteiger partial charge in [0, 0.05) is 6.07 Å². The normalized spacial score (nSPS) is 21.8. The molecular weight excluding hydrogens is 237 g/mol. The Hall–Kier alpha value is -0.585. The van der Waals surface area contributed by atoms with E-state index in [-0.39, 0.29) is 18.3 Å². The summed E-state index contributed by atoms with van der Waals surface area (Å²) in [4.78, 5) is 0. The molecule has 1 fully saturated rings. The van der Waals surface area contributed by atoms with E-state index in [0.29, 0.717) is 12.5 Å². The lowest BCUT2D eigenvalue weighted by Gasteiger charge is -2.32. The highest BCUT2D eigenvalue weighted by Crippen LogP contribution is 2.36. The molecule has 0 N–H and O–H groups in total. The third-order valence-electron chi connectivity index (χ3n) is 3.28. The third kappa shape index (κ3) is 2.34. The van der Waals surface area contributed by atoms with E-state index in [0.717, 1.165) is 4.78 Å². The molecule has 0 spiro atoms. The average Bonchev–Trinajstić information content (AvgIpc) is 2.71. The van der Waals surface area contributed by atoms with Gasteiger partial charge in [0.05, 0.1) is 22.6 Å². The maximum atomic E-state index is 5.93. The summed E-state index contributed by atoms with van der Waals surface area (Å²) in [6.45, 7) is 10.7. The summed E-state index contributed by atoms with van der Waals surface area (Å²) < 4.78 is 22.4.